The van der Waals surface area contributed by atoms with Gasteiger partial charge in [0.15, 0.2) is 0 Å². The second-order valence-electron chi connectivity index (χ2n) is 3.53. The lowest BCUT2D eigenvalue weighted by atomic mass is 10.2. The summed E-state index contributed by atoms with van der Waals surface area (Å²) in [6.07, 6.45) is 3.06. The molecule has 0 aliphatic heterocycles. The van der Waals surface area contributed by atoms with Gasteiger partial charge >= 0.3 is 0 Å². The molecular weight excluding hydrogens is 306 g/mol. The van der Waals surface area contributed by atoms with E-state index in [0.717, 1.165) is 21.5 Å². The number of thiophene rings is 1. The lowest BCUT2D eigenvalue weighted by Crippen LogP contribution is -2.38. The molecule has 0 aliphatic rings. The van der Waals surface area contributed by atoms with E-state index in [4.69, 9.17) is 0 Å². The number of hydrogen-bond donors (Lipinski definition) is 0. The van der Waals surface area contributed by atoms with E-state index >= 15 is 0 Å². The predicted octanol–water partition coefficient (Wildman–Crippen LogP) is 3.72. The molecule has 0 aliphatic carbocycles. The highest BCUT2D eigenvalue weighted by atomic mass is 79.9. The molecule has 1 unspecified atom stereocenters. The monoisotopic (exact) mass is 321 g/mol. The molecule has 0 fully saturated rings. The smallest absolute Gasteiger partial charge is 0.265 e. The Morgan fingerprint density at radius 2 is 2.38 bits per heavy atom. The van der Waals surface area contributed by atoms with Crippen LogP contribution in [0.2, 0.25) is 0 Å². The van der Waals surface area contributed by atoms with Gasteiger partial charge in [0.25, 0.3) is 5.91 Å². The Morgan fingerprint density at radius 1 is 1.69 bits per heavy atom. The van der Waals surface area contributed by atoms with Crippen LogP contribution in [0.4, 0.5) is 0 Å². The largest absolute Gasteiger partial charge is 0.337 e. The lowest BCUT2D eigenvalue weighted by molar-refractivity contribution is 0.0747. The third-order valence-electron chi connectivity index (χ3n) is 2.51. The maximum absolute atomic E-state index is 12.2. The Labute approximate surface area is 114 Å². The summed E-state index contributed by atoms with van der Waals surface area (Å²) < 4.78 is 0.897. The maximum Gasteiger partial charge on any atom is 0.265 e. The van der Waals surface area contributed by atoms with Crippen molar-refractivity contribution < 1.29 is 4.79 Å². The Morgan fingerprint density at radius 3 is 2.81 bits per heavy atom. The summed E-state index contributed by atoms with van der Waals surface area (Å²) in [5, 5.41) is 1.93. The second kappa shape index (κ2) is 6.67. The Balaban J connectivity index is 2.77. The Bertz CT molecular complexity index is 354. The standard InChI is InChI=1S/C11H16BrNOS2/c1-4-8(7-15-3)13(2)11(14)10-9(12)5-6-16-10/h5-6,8H,4,7H2,1-3H3. The van der Waals surface area contributed by atoms with Crippen LogP contribution in [0.15, 0.2) is 15.9 Å². The molecule has 0 radical (unpaired) electrons. The van der Waals surface area contributed by atoms with Crippen molar-refractivity contribution in [2.75, 3.05) is 19.1 Å². The van der Waals surface area contributed by atoms with E-state index in [9.17, 15) is 4.79 Å². The van der Waals surface area contributed by atoms with Gasteiger partial charge in [0.2, 0.25) is 0 Å². The first-order chi connectivity index (χ1) is 7.61. The molecule has 1 atom stereocenters. The van der Waals surface area contributed by atoms with Crippen molar-refractivity contribution in [3.05, 3.63) is 20.8 Å². The molecule has 1 heterocycles. The van der Waals surface area contributed by atoms with Crippen LogP contribution in [0.1, 0.15) is 23.0 Å². The average molecular weight is 322 g/mol. The van der Waals surface area contributed by atoms with Crippen LogP contribution in [0.25, 0.3) is 0 Å². The van der Waals surface area contributed by atoms with Gasteiger partial charge in [-0.1, -0.05) is 6.92 Å². The van der Waals surface area contributed by atoms with Crippen LogP contribution in [0.5, 0.6) is 0 Å². The van der Waals surface area contributed by atoms with Gasteiger partial charge in [-0.15, -0.1) is 11.3 Å². The van der Waals surface area contributed by atoms with E-state index in [1.807, 2.05) is 23.4 Å². The van der Waals surface area contributed by atoms with Gasteiger partial charge in [-0.2, -0.15) is 11.8 Å². The number of halogens is 1. The van der Waals surface area contributed by atoms with Crippen LogP contribution >= 0.6 is 39.0 Å². The van der Waals surface area contributed by atoms with Crippen molar-refractivity contribution in [3.8, 4) is 0 Å². The number of thioether (sulfide) groups is 1. The number of nitrogens with zero attached hydrogens (tertiary/aromatic N) is 1. The summed E-state index contributed by atoms with van der Waals surface area (Å²) in [5.41, 5.74) is 0. The fourth-order valence-corrected chi connectivity index (χ4v) is 3.84. The molecule has 0 spiro atoms. The lowest BCUT2D eigenvalue weighted by Gasteiger charge is -2.26. The van der Waals surface area contributed by atoms with Gasteiger partial charge in [-0.05, 0) is 40.1 Å². The molecule has 0 saturated carbocycles. The van der Waals surface area contributed by atoms with E-state index in [0.29, 0.717) is 6.04 Å². The maximum atomic E-state index is 12.2. The number of hydrogen-bond acceptors (Lipinski definition) is 3. The Hall–Kier alpha value is -0.000000000000000111. The van der Waals surface area contributed by atoms with E-state index in [1.165, 1.54) is 11.3 Å². The first-order valence-corrected chi connectivity index (χ1v) is 8.17. The van der Waals surface area contributed by atoms with Gasteiger partial charge in [-0.3, -0.25) is 4.79 Å². The SMILES string of the molecule is CCC(CSC)N(C)C(=O)c1sccc1Br. The van der Waals surface area contributed by atoms with Crippen LogP contribution < -0.4 is 0 Å². The van der Waals surface area contributed by atoms with E-state index in [1.54, 1.807) is 11.8 Å². The fourth-order valence-electron chi connectivity index (χ4n) is 1.47. The molecule has 0 bridgehead atoms. The number of carbonyl (C=O) groups excluding carboxylic acids is 1. The third kappa shape index (κ3) is 3.25. The number of amides is 1. The summed E-state index contributed by atoms with van der Waals surface area (Å²) in [6.45, 7) is 2.12. The fraction of sp³-hybridized carbons (Fsp3) is 0.545. The van der Waals surface area contributed by atoms with Crippen molar-refractivity contribution in [3.63, 3.8) is 0 Å². The van der Waals surface area contributed by atoms with Crippen LogP contribution in [-0.2, 0) is 0 Å². The zero-order chi connectivity index (χ0) is 12.1. The number of rotatable bonds is 5. The highest BCUT2D eigenvalue weighted by molar-refractivity contribution is 9.10. The molecule has 0 aromatic carbocycles. The molecule has 0 saturated heterocycles. The average Bonchev–Trinajstić information content (AvgIpc) is 2.70. The van der Waals surface area contributed by atoms with E-state index in [2.05, 4.69) is 29.1 Å². The zero-order valence-corrected chi connectivity index (χ0v) is 12.9. The minimum absolute atomic E-state index is 0.114. The first-order valence-electron chi connectivity index (χ1n) is 5.10. The molecule has 16 heavy (non-hydrogen) atoms. The molecule has 90 valence electrons. The van der Waals surface area contributed by atoms with Crippen molar-refractivity contribution in [1.29, 1.82) is 0 Å². The van der Waals surface area contributed by atoms with E-state index in [-0.39, 0.29) is 5.91 Å². The first kappa shape index (κ1) is 14.1. The normalized spacial score (nSPS) is 12.5. The molecular formula is C11H16BrNOS2. The molecule has 2 nitrogen and oxygen atoms in total. The van der Waals surface area contributed by atoms with Crippen molar-refractivity contribution in [1.82, 2.24) is 4.90 Å². The summed E-state index contributed by atoms with van der Waals surface area (Å²) in [6, 6.07) is 2.23. The van der Waals surface area contributed by atoms with Crippen molar-refractivity contribution in [2.45, 2.75) is 19.4 Å². The van der Waals surface area contributed by atoms with Crippen LogP contribution in [0.3, 0.4) is 0 Å². The minimum Gasteiger partial charge on any atom is -0.337 e. The van der Waals surface area contributed by atoms with Crippen LogP contribution in [0, 0.1) is 0 Å². The van der Waals surface area contributed by atoms with Crippen molar-refractivity contribution in [2.24, 2.45) is 0 Å². The topological polar surface area (TPSA) is 20.3 Å². The number of carbonyl (C=O) groups is 1. The molecule has 1 rings (SSSR count). The van der Waals surface area contributed by atoms with E-state index < -0.39 is 0 Å². The summed E-state index contributed by atoms with van der Waals surface area (Å²) in [7, 11) is 1.89. The van der Waals surface area contributed by atoms with Gasteiger partial charge in [-0.25, -0.2) is 0 Å². The molecule has 1 aromatic rings. The summed E-state index contributed by atoms with van der Waals surface area (Å²) >= 11 is 6.67. The van der Waals surface area contributed by atoms with Crippen molar-refractivity contribution >= 4 is 44.9 Å². The highest BCUT2D eigenvalue weighted by Gasteiger charge is 2.21. The highest BCUT2D eigenvalue weighted by Crippen LogP contribution is 2.25. The summed E-state index contributed by atoms with van der Waals surface area (Å²) in [4.78, 5) is 14.8. The third-order valence-corrected chi connectivity index (χ3v) is 5.05. The van der Waals surface area contributed by atoms with Gasteiger partial charge in [0, 0.05) is 23.3 Å². The van der Waals surface area contributed by atoms with Gasteiger partial charge in [0.05, 0.1) is 0 Å². The predicted molar refractivity (Wildman–Crippen MR) is 76.6 cm³/mol. The molecule has 5 heteroatoms. The zero-order valence-electron chi connectivity index (χ0n) is 9.70. The minimum atomic E-state index is 0.114. The van der Waals surface area contributed by atoms with Gasteiger partial charge < -0.3 is 4.90 Å². The Kier molecular flexibility index (Phi) is 5.86. The molecule has 1 amide bonds. The molecule has 1 aromatic heterocycles. The molecule has 0 N–H and O–H groups in total. The second-order valence-corrected chi connectivity index (χ2v) is 6.21. The quantitative estimate of drug-likeness (QED) is 0.823. The van der Waals surface area contributed by atoms with Crippen LogP contribution in [-0.4, -0.2) is 35.9 Å². The van der Waals surface area contributed by atoms with Gasteiger partial charge in [0.1, 0.15) is 4.88 Å². The summed E-state index contributed by atoms with van der Waals surface area (Å²) in [5.74, 6) is 1.10.